The zero-order chi connectivity index (χ0) is 25.6. The molecule has 2 aromatic rings. The highest BCUT2D eigenvalue weighted by Crippen LogP contribution is 2.32. The minimum atomic E-state index is -4.56. The Morgan fingerprint density at radius 1 is 1.31 bits per heavy atom. The SMILES string of the molecule is C\C=C(F)/C(=C\C(=C\CC)C(F)(F)F)C/C=C1/C(Nc2n[nH]c3ccc(CF)cc23)CCCN1C. The van der Waals surface area contributed by atoms with Gasteiger partial charge in [-0.2, -0.15) is 18.3 Å². The number of alkyl halides is 4. The predicted octanol–water partition coefficient (Wildman–Crippen LogP) is 7.51. The molecule has 35 heavy (non-hydrogen) atoms. The number of piperidine rings is 1. The fraction of sp³-hybridized carbons (Fsp3) is 0.423. The summed E-state index contributed by atoms with van der Waals surface area (Å²) in [7, 11) is 1.90. The van der Waals surface area contributed by atoms with Crippen molar-refractivity contribution >= 4 is 16.7 Å². The van der Waals surface area contributed by atoms with Crippen LogP contribution in [0.5, 0.6) is 0 Å². The summed E-state index contributed by atoms with van der Waals surface area (Å²) in [6.45, 7) is 3.25. The molecule has 0 radical (unpaired) electrons. The molecule has 0 saturated carbocycles. The smallest absolute Gasteiger partial charge is 0.376 e. The molecule has 1 aromatic carbocycles. The van der Waals surface area contributed by atoms with E-state index in [4.69, 9.17) is 0 Å². The number of nitrogens with one attached hydrogen (secondary N) is 2. The lowest BCUT2D eigenvalue weighted by Gasteiger charge is -2.35. The molecule has 0 spiro atoms. The Bertz CT molecular complexity index is 1140. The molecule has 0 amide bonds. The first-order valence-electron chi connectivity index (χ1n) is 11.7. The average molecular weight is 495 g/mol. The van der Waals surface area contributed by atoms with E-state index in [-0.39, 0.29) is 24.5 Å². The second-order valence-corrected chi connectivity index (χ2v) is 8.55. The quantitative estimate of drug-likeness (QED) is 0.295. The van der Waals surface area contributed by atoms with E-state index in [1.165, 1.54) is 13.0 Å². The van der Waals surface area contributed by atoms with Gasteiger partial charge in [-0.25, -0.2) is 8.78 Å². The minimum absolute atomic E-state index is 0.00151. The maximum absolute atomic E-state index is 14.6. The number of allylic oxidation sites excluding steroid dienone is 7. The number of anilines is 1. The number of nitrogens with zero attached hydrogens (tertiary/aromatic N) is 2. The summed E-state index contributed by atoms with van der Waals surface area (Å²) < 4.78 is 68.0. The van der Waals surface area contributed by atoms with Crippen molar-refractivity contribution in [3.63, 3.8) is 0 Å². The first-order valence-corrected chi connectivity index (χ1v) is 11.7. The Morgan fingerprint density at radius 3 is 2.74 bits per heavy atom. The summed E-state index contributed by atoms with van der Waals surface area (Å²) >= 11 is 0. The van der Waals surface area contributed by atoms with Gasteiger partial charge in [0.15, 0.2) is 5.82 Å². The van der Waals surface area contributed by atoms with Crippen molar-refractivity contribution in [2.45, 2.75) is 58.4 Å². The molecule has 9 heteroatoms. The fourth-order valence-electron chi connectivity index (χ4n) is 4.23. The van der Waals surface area contributed by atoms with Crippen molar-refractivity contribution in [3.8, 4) is 0 Å². The second kappa shape index (κ2) is 11.6. The highest BCUT2D eigenvalue weighted by molar-refractivity contribution is 5.90. The molecule has 2 N–H and O–H groups in total. The molecule has 1 aliphatic rings. The Labute approximate surface area is 202 Å². The van der Waals surface area contributed by atoms with Crippen LogP contribution in [0.2, 0.25) is 0 Å². The van der Waals surface area contributed by atoms with Gasteiger partial charge >= 0.3 is 6.18 Å². The number of H-pyrrole nitrogens is 1. The lowest BCUT2D eigenvalue weighted by Crippen LogP contribution is -2.37. The normalized spacial score (nSPS) is 19.7. The number of likely N-dealkylation sites (tertiary alicyclic amines) is 1. The van der Waals surface area contributed by atoms with Gasteiger partial charge < -0.3 is 10.2 Å². The number of benzene rings is 1. The topological polar surface area (TPSA) is 44.0 Å². The van der Waals surface area contributed by atoms with E-state index < -0.39 is 24.3 Å². The van der Waals surface area contributed by atoms with Gasteiger partial charge in [-0.05, 0) is 62.0 Å². The van der Waals surface area contributed by atoms with Gasteiger partial charge in [0.05, 0.1) is 17.1 Å². The van der Waals surface area contributed by atoms with Crippen LogP contribution < -0.4 is 5.32 Å². The monoisotopic (exact) mass is 494 g/mol. The first-order chi connectivity index (χ1) is 16.7. The highest BCUT2D eigenvalue weighted by atomic mass is 19.4. The number of rotatable bonds is 8. The zero-order valence-electron chi connectivity index (χ0n) is 20.1. The van der Waals surface area contributed by atoms with Gasteiger partial charge in [0.1, 0.15) is 12.5 Å². The van der Waals surface area contributed by atoms with Crippen LogP contribution in [-0.4, -0.2) is 40.9 Å². The van der Waals surface area contributed by atoms with Crippen LogP contribution >= 0.6 is 0 Å². The van der Waals surface area contributed by atoms with Crippen molar-refractivity contribution < 1.29 is 22.0 Å². The van der Waals surface area contributed by atoms with E-state index in [1.54, 1.807) is 31.2 Å². The molecule has 0 aliphatic carbocycles. The number of aromatic nitrogens is 2. The van der Waals surface area contributed by atoms with E-state index in [0.717, 1.165) is 48.1 Å². The average Bonchev–Trinajstić information content (AvgIpc) is 3.22. The van der Waals surface area contributed by atoms with E-state index in [9.17, 15) is 22.0 Å². The number of fused-ring (bicyclic) bond motifs is 1. The zero-order valence-corrected chi connectivity index (χ0v) is 20.1. The van der Waals surface area contributed by atoms with Gasteiger partial charge in [-0.1, -0.05) is 31.2 Å². The van der Waals surface area contributed by atoms with Crippen LogP contribution in [0.1, 0.15) is 45.1 Å². The van der Waals surface area contributed by atoms with Crippen molar-refractivity contribution in [2.24, 2.45) is 0 Å². The summed E-state index contributed by atoms with van der Waals surface area (Å²) in [5.74, 6) is -0.116. The molecule has 1 saturated heterocycles. The van der Waals surface area contributed by atoms with Gasteiger partial charge in [0, 0.05) is 24.7 Å². The third-order valence-corrected chi connectivity index (χ3v) is 6.05. The van der Waals surface area contributed by atoms with Gasteiger partial charge in [0.2, 0.25) is 0 Å². The Hall–Kier alpha value is -3.10. The number of likely N-dealkylation sites (N-methyl/N-ethyl adjacent to an activating group) is 1. The summed E-state index contributed by atoms with van der Waals surface area (Å²) in [6, 6.07) is 5.01. The molecule has 190 valence electrons. The number of aromatic amines is 1. The van der Waals surface area contributed by atoms with Crippen molar-refractivity contribution in [1.29, 1.82) is 0 Å². The van der Waals surface area contributed by atoms with E-state index in [2.05, 4.69) is 15.5 Å². The van der Waals surface area contributed by atoms with Crippen molar-refractivity contribution in [3.05, 3.63) is 70.7 Å². The van der Waals surface area contributed by atoms with Crippen LogP contribution in [0, 0.1) is 0 Å². The van der Waals surface area contributed by atoms with E-state index in [0.29, 0.717) is 11.4 Å². The third-order valence-electron chi connectivity index (χ3n) is 6.05. The molecule has 2 heterocycles. The molecule has 1 aromatic heterocycles. The van der Waals surface area contributed by atoms with Gasteiger partial charge in [-0.15, -0.1) is 0 Å². The molecule has 0 bridgehead atoms. The fourth-order valence-corrected chi connectivity index (χ4v) is 4.23. The van der Waals surface area contributed by atoms with Crippen LogP contribution in [0.25, 0.3) is 10.9 Å². The lowest BCUT2D eigenvalue weighted by atomic mass is 9.98. The Balaban J connectivity index is 1.92. The molecule has 1 aliphatic heterocycles. The van der Waals surface area contributed by atoms with Crippen LogP contribution in [-0.2, 0) is 6.67 Å². The maximum Gasteiger partial charge on any atom is 0.416 e. The maximum atomic E-state index is 14.6. The van der Waals surface area contributed by atoms with Crippen molar-refractivity contribution in [2.75, 3.05) is 18.9 Å². The minimum Gasteiger partial charge on any atom is -0.376 e. The molecule has 1 unspecified atom stereocenters. The lowest BCUT2D eigenvalue weighted by molar-refractivity contribution is -0.0884. The second-order valence-electron chi connectivity index (χ2n) is 8.55. The van der Waals surface area contributed by atoms with Crippen LogP contribution in [0.4, 0.5) is 27.8 Å². The van der Waals surface area contributed by atoms with Crippen LogP contribution in [0.3, 0.4) is 0 Å². The molecule has 1 atom stereocenters. The molecular formula is C26H31F5N4. The Morgan fingerprint density at radius 2 is 2.09 bits per heavy atom. The summed E-state index contributed by atoms with van der Waals surface area (Å²) in [5.41, 5.74) is 1.26. The molecule has 1 fully saturated rings. The van der Waals surface area contributed by atoms with Crippen LogP contribution in [0.15, 0.2) is 65.2 Å². The summed E-state index contributed by atoms with van der Waals surface area (Å²) in [6.07, 6.45) is 2.17. The number of halogens is 5. The molecular weight excluding hydrogens is 463 g/mol. The van der Waals surface area contributed by atoms with Crippen molar-refractivity contribution in [1.82, 2.24) is 15.1 Å². The predicted molar refractivity (Wildman–Crippen MR) is 130 cm³/mol. The standard InChI is InChI=1S/C26H31F5N4/c1-4-7-19(26(29,30)31)15-18(21(28)5-2)10-12-24-23(8-6-13-35(24)3)32-25-20-14-17(16-27)9-11-22(20)33-34-25/h5,7,9,11-12,14-15,23H,4,6,8,10,13,16H2,1-3H3,(H2,32,33,34)/b18-15-,19-7-,21-5+,24-12-. The largest absolute Gasteiger partial charge is 0.416 e. The van der Waals surface area contributed by atoms with Gasteiger partial charge in [0.25, 0.3) is 0 Å². The summed E-state index contributed by atoms with van der Waals surface area (Å²) in [4.78, 5) is 2.01. The highest BCUT2D eigenvalue weighted by Gasteiger charge is 2.32. The van der Waals surface area contributed by atoms with E-state index in [1.807, 2.05) is 11.9 Å². The van der Waals surface area contributed by atoms with Gasteiger partial charge in [-0.3, -0.25) is 5.10 Å². The third kappa shape index (κ3) is 6.52. The Kier molecular flexibility index (Phi) is 8.75. The first kappa shape index (κ1) is 26.5. The number of hydrogen-bond donors (Lipinski definition) is 2. The van der Waals surface area contributed by atoms with E-state index >= 15 is 0 Å². The number of hydrogen-bond acceptors (Lipinski definition) is 3. The molecule has 4 nitrogen and oxygen atoms in total. The molecule has 3 rings (SSSR count). The summed E-state index contributed by atoms with van der Waals surface area (Å²) in [5, 5.41) is 11.4.